The van der Waals surface area contributed by atoms with Gasteiger partial charge in [0.15, 0.2) is 0 Å². The van der Waals surface area contributed by atoms with E-state index in [0.29, 0.717) is 0 Å². The summed E-state index contributed by atoms with van der Waals surface area (Å²) in [7, 11) is 1.18. The molecule has 0 aromatic rings. The summed E-state index contributed by atoms with van der Waals surface area (Å²) in [5, 5.41) is 35.2. The molecule has 10 nitrogen and oxygen atoms in total. The zero-order valence-electron chi connectivity index (χ0n) is 15.1. The van der Waals surface area contributed by atoms with Gasteiger partial charge in [0, 0.05) is 24.9 Å². The number of hydrogen-bond acceptors (Lipinski definition) is 9. The normalized spacial score (nSPS) is 25.9. The van der Waals surface area contributed by atoms with E-state index in [-0.39, 0.29) is 18.3 Å². The average Bonchev–Trinajstić information content (AvgIpc) is 2.62. The third-order valence-electron chi connectivity index (χ3n) is 4.14. The molecule has 1 amide bonds. The Hall–Kier alpha value is -2.01. The van der Waals surface area contributed by atoms with E-state index in [2.05, 4.69) is 27.1 Å². The highest BCUT2D eigenvalue weighted by atomic mass is 16.6. The summed E-state index contributed by atoms with van der Waals surface area (Å²) < 4.78 is 10.2. The molecule has 0 fully saturated rings. The number of carbonyl (C=O) groups is 2. The van der Waals surface area contributed by atoms with Crippen molar-refractivity contribution in [1.82, 2.24) is 10.6 Å². The molecule has 0 bridgehead atoms. The van der Waals surface area contributed by atoms with E-state index in [1.165, 1.54) is 20.1 Å². The number of nitrogens with zero attached hydrogens (tertiary/aromatic N) is 1. The van der Waals surface area contributed by atoms with Gasteiger partial charge >= 0.3 is 5.97 Å². The van der Waals surface area contributed by atoms with Gasteiger partial charge in [-0.1, -0.05) is 0 Å². The summed E-state index contributed by atoms with van der Waals surface area (Å²) in [5.74, 6) is -1.80. The largest absolute Gasteiger partial charge is 0.480 e. The number of esters is 1. The standard InChI is InChI=1S/C16H27N3O7/c1-8(19-9(2)21)13-10(18-7-17-3)5-12(16(24)25-4)26-15(13)14(23)11(22)6-20/h5,8,10-11,13-15,18,20,22-23H,3,6-7H2,1-2,4H3,(H,19,21). The Balaban J connectivity index is 3.29. The average molecular weight is 373 g/mol. The molecule has 0 aromatic heterocycles. The Morgan fingerprint density at radius 2 is 2.12 bits per heavy atom. The van der Waals surface area contributed by atoms with Crippen LogP contribution in [0.1, 0.15) is 13.8 Å². The maximum Gasteiger partial charge on any atom is 0.373 e. The van der Waals surface area contributed by atoms with Crippen molar-refractivity contribution in [2.45, 2.75) is 44.2 Å². The monoisotopic (exact) mass is 373 g/mol. The predicted octanol–water partition coefficient (Wildman–Crippen LogP) is -2.09. The van der Waals surface area contributed by atoms with E-state index >= 15 is 0 Å². The first-order chi connectivity index (χ1) is 12.3. The van der Waals surface area contributed by atoms with Crippen molar-refractivity contribution < 1.29 is 34.4 Å². The molecule has 6 unspecified atom stereocenters. The van der Waals surface area contributed by atoms with Crippen LogP contribution in [0, 0.1) is 5.92 Å². The van der Waals surface area contributed by atoms with Crippen molar-refractivity contribution >= 4 is 18.6 Å². The first kappa shape index (κ1) is 22.0. The van der Waals surface area contributed by atoms with E-state index in [1.54, 1.807) is 6.92 Å². The van der Waals surface area contributed by atoms with Gasteiger partial charge < -0.3 is 30.1 Å². The lowest BCUT2D eigenvalue weighted by Crippen LogP contribution is -2.59. The maximum absolute atomic E-state index is 11.9. The minimum Gasteiger partial charge on any atom is -0.480 e. The van der Waals surface area contributed by atoms with Gasteiger partial charge in [-0.3, -0.25) is 15.1 Å². The Labute approximate surface area is 151 Å². The molecule has 26 heavy (non-hydrogen) atoms. The van der Waals surface area contributed by atoms with E-state index in [9.17, 15) is 19.8 Å². The van der Waals surface area contributed by atoms with Crippen molar-refractivity contribution in [2.75, 3.05) is 20.4 Å². The summed E-state index contributed by atoms with van der Waals surface area (Å²) in [4.78, 5) is 27.1. The molecule has 5 N–H and O–H groups in total. The minimum atomic E-state index is -1.52. The van der Waals surface area contributed by atoms with Gasteiger partial charge in [0.1, 0.15) is 18.3 Å². The van der Waals surface area contributed by atoms with Crippen LogP contribution in [0.4, 0.5) is 0 Å². The molecule has 148 valence electrons. The van der Waals surface area contributed by atoms with Crippen molar-refractivity contribution in [3.63, 3.8) is 0 Å². The molecule has 0 aliphatic carbocycles. The maximum atomic E-state index is 11.9. The number of carbonyl (C=O) groups excluding carboxylic acids is 2. The number of aliphatic hydroxyl groups is 3. The molecule has 0 spiro atoms. The van der Waals surface area contributed by atoms with E-state index < -0.39 is 48.9 Å². The van der Waals surface area contributed by atoms with E-state index in [4.69, 9.17) is 9.84 Å². The van der Waals surface area contributed by atoms with E-state index in [0.717, 1.165) is 0 Å². The van der Waals surface area contributed by atoms with Crippen molar-refractivity contribution in [3.05, 3.63) is 11.8 Å². The van der Waals surface area contributed by atoms with Gasteiger partial charge in [0.2, 0.25) is 11.7 Å². The third kappa shape index (κ3) is 5.49. The van der Waals surface area contributed by atoms with Crippen LogP contribution in [0.15, 0.2) is 16.8 Å². The zero-order valence-corrected chi connectivity index (χ0v) is 15.1. The molecule has 0 saturated heterocycles. The highest BCUT2D eigenvalue weighted by Gasteiger charge is 2.45. The summed E-state index contributed by atoms with van der Waals surface area (Å²) in [5.41, 5.74) is 0. The number of methoxy groups -OCH3 is 1. The highest BCUT2D eigenvalue weighted by molar-refractivity contribution is 5.86. The predicted molar refractivity (Wildman–Crippen MR) is 92.2 cm³/mol. The third-order valence-corrected chi connectivity index (χ3v) is 4.14. The van der Waals surface area contributed by atoms with Gasteiger partial charge in [-0.2, -0.15) is 0 Å². The summed E-state index contributed by atoms with van der Waals surface area (Å²) >= 11 is 0. The molecule has 1 heterocycles. The number of nitrogens with one attached hydrogen (secondary N) is 2. The number of aliphatic hydroxyl groups excluding tert-OH is 3. The molecule has 1 aliphatic heterocycles. The van der Waals surface area contributed by atoms with Crippen LogP contribution in [0.3, 0.4) is 0 Å². The van der Waals surface area contributed by atoms with Crippen molar-refractivity contribution in [3.8, 4) is 0 Å². The van der Waals surface area contributed by atoms with Crippen LogP contribution in [0.2, 0.25) is 0 Å². The lowest BCUT2D eigenvalue weighted by atomic mass is 9.81. The van der Waals surface area contributed by atoms with Crippen molar-refractivity contribution in [2.24, 2.45) is 10.9 Å². The number of hydrogen-bond donors (Lipinski definition) is 5. The smallest absolute Gasteiger partial charge is 0.373 e. The quantitative estimate of drug-likeness (QED) is 0.228. The highest BCUT2D eigenvalue weighted by Crippen LogP contribution is 2.30. The molecule has 0 saturated carbocycles. The summed E-state index contributed by atoms with van der Waals surface area (Å²) in [6.07, 6.45) is -2.66. The first-order valence-corrected chi connectivity index (χ1v) is 8.13. The molecule has 1 rings (SSSR count). The van der Waals surface area contributed by atoms with E-state index in [1.807, 2.05) is 0 Å². The van der Waals surface area contributed by atoms with Crippen LogP contribution in [-0.2, 0) is 19.1 Å². The van der Waals surface area contributed by atoms with Crippen LogP contribution in [-0.4, -0.2) is 84.7 Å². The number of rotatable bonds is 9. The minimum absolute atomic E-state index is 0.143. The zero-order chi connectivity index (χ0) is 19.9. The number of aliphatic imine (C=N–C) groups is 1. The Morgan fingerprint density at radius 1 is 1.46 bits per heavy atom. The van der Waals surface area contributed by atoms with Gasteiger partial charge in [-0.25, -0.2) is 4.79 Å². The Kier molecular flexibility index (Phi) is 8.66. The SMILES string of the molecule is C=NCNC1C=C(C(=O)OC)OC(C(O)C(O)CO)C1C(C)NC(C)=O. The molecule has 6 atom stereocenters. The Bertz CT molecular complexity index is 540. The van der Waals surface area contributed by atoms with Gasteiger partial charge in [0.25, 0.3) is 0 Å². The fraction of sp³-hybridized carbons (Fsp3) is 0.688. The molecule has 0 aromatic carbocycles. The van der Waals surface area contributed by atoms with Gasteiger partial charge in [0.05, 0.1) is 20.4 Å². The second-order valence-electron chi connectivity index (χ2n) is 6.02. The summed E-state index contributed by atoms with van der Waals surface area (Å²) in [6, 6.07) is -1.06. The van der Waals surface area contributed by atoms with Crippen molar-refractivity contribution in [1.29, 1.82) is 0 Å². The molecular formula is C16H27N3O7. The summed E-state index contributed by atoms with van der Waals surface area (Å²) in [6.45, 7) is 5.87. The molecular weight excluding hydrogens is 346 g/mol. The number of ether oxygens (including phenoxy) is 2. The van der Waals surface area contributed by atoms with Crippen LogP contribution in [0.5, 0.6) is 0 Å². The van der Waals surface area contributed by atoms with Crippen LogP contribution < -0.4 is 10.6 Å². The fourth-order valence-corrected chi connectivity index (χ4v) is 2.96. The molecule has 10 heteroatoms. The lowest BCUT2D eigenvalue weighted by Gasteiger charge is -2.42. The second kappa shape index (κ2) is 10.2. The first-order valence-electron chi connectivity index (χ1n) is 8.13. The lowest BCUT2D eigenvalue weighted by molar-refractivity contribution is -0.152. The number of amides is 1. The van der Waals surface area contributed by atoms with Gasteiger partial charge in [-0.15, -0.1) is 0 Å². The van der Waals surface area contributed by atoms with Crippen LogP contribution in [0.25, 0.3) is 0 Å². The topological polar surface area (TPSA) is 150 Å². The fourth-order valence-electron chi connectivity index (χ4n) is 2.96. The second-order valence-corrected chi connectivity index (χ2v) is 6.02. The van der Waals surface area contributed by atoms with Gasteiger partial charge in [-0.05, 0) is 19.7 Å². The molecule has 0 radical (unpaired) electrons. The van der Waals surface area contributed by atoms with Crippen LogP contribution >= 0.6 is 0 Å². The Morgan fingerprint density at radius 3 is 2.62 bits per heavy atom. The molecule has 1 aliphatic rings.